The molecule has 0 aliphatic heterocycles. The van der Waals surface area contributed by atoms with Crippen molar-refractivity contribution in [2.24, 2.45) is 0 Å². The number of sulfonamides is 1. The van der Waals surface area contributed by atoms with E-state index in [2.05, 4.69) is 10.0 Å². The average molecular weight is 461 g/mol. The van der Waals surface area contributed by atoms with Crippen molar-refractivity contribution in [3.63, 3.8) is 0 Å². The van der Waals surface area contributed by atoms with Gasteiger partial charge in [0, 0.05) is 5.56 Å². The number of hydrogen-bond donors (Lipinski definition) is 2. The van der Waals surface area contributed by atoms with Gasteiger partial charge in [0.1, 0.15) is 5.75 Å². The Kier molecular flexibility index (Phi) is 6.33. The largest absolute Gasteiger partial charge is 0.455 e. The van der Waals surface area contributed by atoms with Crippen LogP contribution in [0.5, 0.6) is 11.5 Å². The van der Waals surface area contributed by atoms with E-state index in [1.54, 1.807) is 48.5 Å². The molecule has 0 fully saturated rings. The monoisotopic (exact) mass is 460 g/mol. The third kappa shape index (κ3) is 5.51. The highest BCUT2D eigenvalue weighted by atomic mass is 32.2. The molecule has 7 heteroatoms. The number of benzene rings is 4. The Morgan fingerprint density at radius 1 is 0.879 bits per heavy atom. The second-order valence-corrected chi connectivity index (χ2v) is 9.51. The number of carbonyl (C=O) groups excluding carboxylic acids is 1. The Morgan fingerprint density at radius 2 is 1.58 bits per heavy atom. The van der Waals surface area contributed by atoms with E-state index in [9.17, 15) is 13.2 Å². The number of carbonyl (C=O) groups is 1. The molecule has 4 aromatic rings. The molecule has 33 heavy (non-hydrogen) atoms. The summed E-state index contributed by atoms with van der Waals surface area (Å²) in [4.78, 5) is 13.0. The Morgan fingerprint density at radius 3 is 2.39 bits per heavy atom. The number of amides is 1. The fourth-order valence-electron chi connectivity index (χ4n) is 3.65. The second kappa shape index (κ2) is 9.34. The summed E-state index contributed by atoms with van der Waals surface area (Å²) in [5.74, 6) is 0.524. The van der Waals surface area contributed by atoms with Crippen LogP contribution in [0, 0.1) is 0 Å². The smallest absolute Gasteiger partial charge is 0.251 e. The van der Waals surface area contributed by atoms with E-state index in [-0.39, 0.29) is 11.9 Å². The minimum Gasteiger partial charge on any atom is -0.455 e. The fraction of sp³-hybridized carbons (Fsp3) is 0.115. The maximum atomic E-state index is 13.0. The van der Waals surface area contributed by atoms with E-state index in [4.69, 9.17) is 4.74 Å². The lowest BCUT2D eigenvalue weighted by atomic mass is 9.99. The van der Waals surface area contributed by atoms with Gasteiger partial charge < -0.3 is 10.1 Å². The number of nitrogens with one attached hydrogen (secondary N) is 2. The number of anilines is 1. The van der Waals surface area contributed by atoms with Gasteiger partial charge in [0.2, 0.25) is 10.0 Å². The molecule has 0 aromatic heterocycles. The Labute approximate surface area is 193 Å². The van der Waals surface area contributed by atoms with E-state index < -0.39 is 10.0 Å². The van der Waals surface area contributed by atoms with E-state index >= 15 is 0 Å². The summed E-state index contributed by atoms with van der Waals surface area (Å²) in [6.45, 7) is 1.95. The molecule has 4 rings (SSSR count). The Bertz CT molecular complexity index is 1410. The van der Waals surface area contributed by atoms with Crippen LogP contribution in [0.2, 0.25) is 0 Å². The number of ether oxygens (including phenoxy) is 1. The molecule has 1 amide bonds. The summed E-state index contributed by atoms with van der Waals surface area (Å²) < 4.78 is 31.6. The zero-order valence-corrected chi connectivity index (χ0v) is 19.1. The maximum absolute atomic E-state index is 13.0. The normalized spacial score (nSPS) is 12.2. The average Bonchev–Trinajstić information content (AvgIpc) is 2.79. The van der Waals surface area contributed by atoms with E-state index in [0.29, 0.717) is 22.7 Å². The highest BCUT2D eigenvalue weighted by Gasteiger charge is 2.15. The quantitative estimate of drug-likeness (QED) is 0.382. The van der Waals surface area contributed by atoms with Gasteiger partial charge in [-0.05, 0) is 53.6 Å². The molecule has 4 aromatic carbocycles. The third-order valence-electron chi connectivity index (χ3n) is 5.14. The molecule has 0 bridgehead atoms. The van der Waals surface area contributed by atoms with E-state index in [0.717, 1.165) is 22.6 Å². The summed E-state index contributed by atoms with van der Waals surface area (Å²) in [7, 11) is -3.46. The minimum absolute atomic E-state index is 0.201. The van der Waals surface area contributed by atoms with Gasteiger partial charge >= 0.3 is 0 Å². The molecule has 0 spiro atoms. The van der Waals surface area contributed by atoms with Crippen molar-refractivity contribution in [3.05, 3.63) is 102 Å². The zero-order valence-electron chi connectivity index (χ0n) is 18.3. The highest BCUT2D eigenvalue weighted by Crippen LogP contribution is 2.30. The number of rotatable bonds is 7. The molecule has 6 nitrogen and oxygen atoms in total. The molecule has 168 valence electrons. The van der Waals surface area contributed by atoms with Crippen LogP contribution >= 0.6 is 0 Å². The number of para-hydroxylation sites is 2. The zero-order chi connectivity index (χ0) is 23.4. The Hall–Kier alpha value is -3.84. The summed E-state index contributed by atoms with van der Waals surface area (Å²) >= 11 is 0. The second-order valence-electron chi connectivity index (χ2n) is 7.76. The molecular weight excluding hydrogens is 436 g/mol. The predicted molar refractivity (Wildman–Crippen MR) is 131 cm³/mol. The van der Waals surface area contributed by atoms with Gasteiger partial charge in [-0.15, -0.1) is 0 Å². The molecule has 2 N–H and O–H groups in total. The summed E-state index contributed by atoms with van der Waals surface area (Å²) in [6, 6.07) is 27.4. The van der Waals surface area contributed by atoms with Crippen LogP contribution < -0.4 is 14.8 Å². The first-order valence-electron chi connectivity index (χ1n) is 10.4. The van der Waals surface area contributed by atoms with Crippen LogP contribution in [-0.4, -0.2) is 20.6 Å². The van der Waals surface area contributed by atoms with Crippen LogP contribution in [0.1, 0.15) is 28.9 Å². The molecule has 1 atom stereocenters. The van der Waals surface area contributed by atoms with Gasteiger partial charge in [0.25, 0.3) is 5.91 Å². The van der Waals surface area contributed by atoms with Crippen molar-refractivity contribution in [2.45, 2.75) is 13.0 Å². The van der Waals surface area contributed by atoms with Crippen LogP contribution in [0.3, 0.4) is 0 Å². The fourth-order valence-corrected chi connectivity index (χ4v) is 4.22. The molecule has 0 saturated carbocycles. The standard InChI is InChI=1S/C26H24N2O4S/c1-18(22-14-8-10-19-9-3-4-13-23(19)22)27-26(29)20-11-7-12-21(17-20)32-25-16-6-5-15-24(25)28-33(2,30)31/h3-18,28H,1-2H3,(H,27,29)/t18-/m1/s1. The highest BCUT2D eigenvalue weighted by molar-refractivity contribution is 7.92. The first kappa shape index (κ1) is 22.4. The van der Waals surface area contributed by atoms with Crippen LogP contribution in [0.25, 0.3) is 10.8 Å². The van der Waals surface area contributed by atoms with Crippen LogP contribution in [0.4, 0.5) is 5.69 Å². The minimum atomic E-state index is -3.46. The molecule has 0 aliphatic rings. The topological polar surface area (TPSA) is 84.5 Å². The van der Waals surface area contributed by atoms with Crippen molar-refractivity contribution >= 4 is 32.4 Å². The summed E-state index contributed by atoms with van der Waals surface area (Å²) in [5.41, 5.74) is 1.79. The molecule has 0 heterocycles. The molecular formula is C26H24N2O4S. The first-order valence-corrected chi connectivity index (χ1v) is 12.3. The first-order chi connectivity index (χ1) is 15.8. The lowest BCUT2D eigenvalue weighted by Gasteiger charge is -2.17. The summed E-state index contributed by atoms with van der Waals surface area (Å²) in [5, 5.41) is 5.27. The molecule has 0 radical (unpaired) electrons. The van der Waals surface area contributed by atoms with E-state index in [1.807, 2.05) is 49.4 Å². The van der Waals surface area contributed by atoms with Gasteiger partial charge in [0.15, 0.2) is 5.75 Å². The number of hydrogen-bond acceptors (Lipinski definition) is 4. The van der Waals surface area contributed by atoms with Crippen LogP contribution in [-0.2, 0) is 10.0 Å². The van der Waals surface area contributed by atoms with Crippen LogP contribution in [0.15, 0.2) is 91.0 Å². The Balaban J connectivity index is 1.53. The van der Waals surface area contributed by atoms with E-state index in [1.165, 1.54) is 0 Å². The van der Waals surface area contributed by atoms with Gasteiger partial charge in [-0.3, -0.25) is 9.52 Å². The van der Waals surface area contributed by atoms with Crippen molar-refractivity contribution in [1.82, 2.24) is 5.32 Å². The van der Waals surface area contributed by atoms with Crippen molar-refractivity contribution in [2.75, 3.05) is 11.0 Å². The lowest BCUT2D eigenvalue weighted by Crippen LogP contribution is -2.26. The van der Waals surface area contributed by atoms with Gasteiger partial charge in [0.05, 0.1) is 18.0 Å². The third-order valence-corrected chi connectivity index (χ3v) is 5.73. The molecule has 0 aliphatic carbocycles. The maximum Gasteiger partial charge on any atom is 0.251 e. The SMILES string of the molecule is C[C@@H](NC(=O)c1cccc(Oc2ccccc2NS(C)(=O)=O)c1)c1cccc2ccccc12. The van der Waals surface area contributed by atoms with Crippen molar-refractivity contribution in [3.8, 4) is 11.5 Å². The predicted octanol–water partition coefficient (Wildman–Crippen LogP) is 5.49. The molecule has 0 unspecified atom stereocenters. The summed E-state index contributed by atoms with van der Waals surface area (Å²) in [6.07, 6.45) is 1.08. The number of fused-ring (bicyclic) bond motifs is 1. The van der Waals surface area contributed by atoms with Gasteiger partial charge in [-0.2, -0.15) is 0 Å². The molecule has 0 saturated heterocycles. The lowest BCUT2D eigenvalue weighted by molar-refractivity contribution is 0.0940. The van der Waals surface area contributed by atoms with Crippen molar-refractivity contribution in [1.29, 1.82) is 0 Å². The van der Waals surface area contributed by atoms with Crippen molar-refractivity contribution < 1.29 is 17.9 Å². The van der Waals surface area contributed by atoms with Gasteiger partial charge in [-0.1, -0.05) is 60.7 Å². The van der Waals surface area contributed by atoms with Gasteiger partial charge in [-0.25, -0.2) is 8.42 Å².